The van der Waals surface area contributed by atoms with E-state index in [9.17, 15) is 22.4 Å². The Morgan fingerprint density at radius 2 is 1.78 bits per heavy atom. The zero-order valence-electron chi connectivity index (χ0n) is 21.7. The maximum atomic E-state index is 13.7. The molecule has 37 heavy (non-hydrogen) atoms. The molecule has 2 aromatic carbocycles. The van der Waals surface area contributed by atoms with Gasteiger partial charge in [0, 0.05) is 18.7 Å². The zero-order valence-corrected chi connectivity index (χ0v) is 22.5. The first-order chi connectivity index (χ1) is 17.6. The average molecular weight is 534 g/mol. The molecule has 1 N–H and O–H groups in total. The van der Waals surface area contributed by atoms with Crippen molar-refractivity contribution in [2.45, 2.75) is 64.1 Å². The van der Waals surface area contributed by atoms with Crippen molar-refractivity contribution >= 4 is 27.5 Å². The summed E-state index contributed by atoms with van der Waals surface area (Å²) in [6.45, 7) is 1.35. The van der Waals surface area contributed by atoms with Crippen LogP contribution in [0, 0.1) is 5.82 Å². The van der Waals surface area contributed by atoms with Crippen LogP contribution in [-0.4, -0.2) is 57.1 Å². The number of carbonyl (C=O) groups excluding carboxylic acids is 2. The first kappa shape index (κ1) is 28.4. The van der Waals surface area contributed by atoms with E-state index in [-0.39, 0.29) is 24.2 Å². The first-order valence-electron chi connectivity index (χ1n) is 12.6. The Bertz CT molecular complexity index is 1170. The molecule has 1 aliphatic rings. The normalized spacial score (nSPS) is 15.0. The second kappa shape index (κ2) is 12.9. The number of hydrogen-bond acceptors (Lipinski definition) is 5. The number of ether oxygens (including phenoxy) is 1. The minimum absolute atomic E-state index is 0.0332. The highest BCUT2D eigenvalue weighted by Crippen LogP contribution is 2.24. The summed E-state index contributed by atoms with van der Waals surface area (Å²) in [5.74, 6) is -0.773. The third-order valence-corrected chi connectivity index (χ3v) is 7.76. The van der Waals surface area contributed by atoms with E-state index in [4.69, 9.17) is 4.74 Å². The van der Waals surface area contributed by atoms with E-state index in [2.05, 4.69) is 5.32 Å². The van der Waals surface area contributed by atoms with Gasteiger partial charge in [0.15, 0.2) is 0 Å². The molecular weight excluding hydrogens is 497 g/mol. The number of halogens is 1. The van der Waals surface area contributed by atoms with Crippen molar-refractivity contribution in [2.75, 3.05) is 24.2 Å². The fourth-order valence-corrected chi connectivity index (χ4v) is 5.47. The molecule has 8 nitrogen and oxygen atoms in total. The number of sulfonamides is 1. The molecule has 0 unspecified atom stereocenters. The van der Waals surface area contributed by atoms with Crippen LogP contribution in [0.5, 0.6) is 5.75 Å². The number of nitrogens with zero attached hydrogens (tertiary/aromatic N) is 2. The Kier molecular flexibility index (Phi) is 9.91. The summed E-state index contributed by atoms with van der Waals surface area (Å²) in [5.41, 5.74) is 0.905. The Labute approximate surface area is 218 Å². The summed E-state index contributed by atoms with van der Waals surface area (Å²) >= 11 is 0. The van der Waals surface area contributed by atoms with Crippen LogP contribution >= 0.6 is 0 Å². The van der Waals surface area contributed by atoms with Crippen LogP contribution in [-0.2, 0) is 26.2 Å². The van der Waals surface area contributed by atoms with Gasteiger partial charge in [0.2, 0.25) is 21.8 Å². The monoisotopic (exact) mass is 533 g/mol. The number of hydrogen-bond donors (Lipinski definition) is 1. The van der Waals surface area contributed by atoms with Crippen LogP contribution in [0.3, 0.4) is 0 Å². The van der Waals surface area contributed by atoms with Gasteiger partial charge in [-0.3, -0.25) is 13.9 Å². The van der Waals surface area contributed by atoms with Crippen molar-refractivity contribution in [3.05, 3.63) is 59.9 Å². The molecule has 0 spiro atoms. The third-order valence-electron chi connectivity index (χ3n) is 6.62. The lowest BCUT2D eigenvalue weighted by Gasteiger charge is -2.34. The summed E-state index contributed by atoms with van der Waals surface area (Å²) in [7, 11) is -2.38. The average Bonchev–Trinajstić information content (AvgIpc) is 2.88. The number of carbonyl (C=O) groups is 2. The molecule has 2 amide bonds. The maximum Gasteiger partial charge on any atom is 0.244 e. The van der Waals surface area contributed by atoms with E-state index in [1.54, 1.807) is 30.3 Å². The molecule has 0 aromatic heterocycles. The van der Waals surface area contributed by atoms with Crippen LogP contribution in [0.25, 0.3) is 0 Å². The quantitative estimate of drug-likeness (QED) is 0.473. The Hall–Kier alpha value is -3.14. The Morgan fingerprint density at radius 1 is 1.11 bits per heavy atom. The number of anilines is 1. The van der Waals surface area contributed by atoms with Gasteiger partial charge in [-0.15, -0.1) is 0 Å². The maximum absolute atomic E-state index is 13.7. The highest BCUT2D eigenvalue weighted by molar-refractivity contribution is 7.92. The molecule has 0 saturated heterocycles. The minimum Gasteiger partial charge on any atom is -0.497 e. The fourth-order valence-electron chi connectivity index (χ4n) is 4.63. The fraction of sp³-hybridized carbons (Fsp3) is 0.481. The van der Waals surface area contributed by atoms with Crippen LogP contribution < -0.4 is 14.4 Å². The summed E-state index contributed by atoms with van der Waals surface area (Å²) in [6, 6.07) is 11.4. The SMILES string of the molecule is CC[C@H](C(=O)NC1CCCCC1)N(Cc1ccc(F)cc1)C(=O)CN(c1cccc(OC)c1)S(C)(=O)=O. The number of nitrogens with one attached hydrogen (secondary N) is 1. The van der Waals surface area contributed by atoms with Crippen molar-refractivity contribution in [3.63, 3.8) is 0 Å². The third kappa shape index (κ3) is 7.92. The van der Waals surface area contributed by atoms with Gasteiger partial charge in [-0.2, -0.15) is 0 Å². The largest absolute Gasteiger partial charge is 0.497 e. The molecule has 1 aliphatic carbocycles. The molecule has 1 atom stereocenters. The molecule has 0 radical (unpaired) electrons. The number of rotatable bonds is 11. The van der Waals surface area contributed by atoms with Gasteiger partial charge >= 0.3 is 0 Å². The van der Waals surface area contributed by atoms with Gasteiger partial charge in [-0.05, 0) is 49.1 Å². The van der Waals surface area contributed by atoms with Crippen molar-refractivity contribution in [1.82, 2.24) is 10.2 Å². The summed E-state index contributed by atoms with van der Waals surface area (Å²) < 4.78 is 45.2. The molecule has 3 rings (SSSR count). The van der Waals surface area contributed by atoms with E-state index in [1.165, 1.54) is 30.2 Å². The highest BCUT2D eigenvalue weighted by atomic mass is 32.2. The van der Waals surface area contributed by atoms with E-state index >= 15 is 0 Å². The standard InChI is InChI=1S/C27H36FN3O5S/c1-4-25(27(33)29-22-9-6-5-7-10-22)30(18-20-13-15-21(28)16-14-20)26(32)19-31(37(3,34)35)23-11-8-12-24(17-23)36-2/h8,11-17,22,25H,4-7,9-10,18-19H2,1-3H3,(H,29,33)/t25-/m1/s1. The van der Waals surface area contributed by atoms with E-state index in [1.807, 2.05) is 6.92 Å². The van der Waals surface area contributed by atoms with Crippen molar-refractivity contribution in [1.29, 1.82) is 0 Å². The van der Waals surface area contributed by atoms with Crippen molar-refractivity contribution in [3.8, 4) is 5.75 Å². The molecule has 2 aromatic rings. The number of methoxy groups -OCH3 is 1. The minimum atomic E-state index is -3.85. The number of amides is 2. The molecule has 202 valence electrons. The van der Waals surface area contributed by atoms with Crippen LogP contribution in [0.2, 0.25) is 0 Å². The van der Waals surface area contributed by atoms with Gasteiger partial charge in [0.05, 0.1) is 19.1 Å². The lowest BCUT2D eigenvalue weighted by molar-refractivity contribution is -0.140. The second-order valence-corrected chi connectivity index (χ2v) is 11.3. The summed E-state index contributed by atoms with van der Waals surface area (Å²) in [6.07, 6.45) is 6.39. The topological polar surface area (TPSA) is 96.0 Å². The lowest BCUT2D eigenvalue weighted by Crippen LogP contribution is -2.53. The van der Waals surface area contributed by atoms with E-state index in [0.717, 1.165) is 42.7 Å². The van der Waals surface area contributed by atoms with E-state index < -0.39 is 34.3 Å². The van der Waals surface area contributed by atoms with Gasteiger partial charge in [-0.25, -0.2) is 12.8 Å². The molecule has 0 bridgehead atoms. The molecule has 1 fully saturated rings. The Morgan fingerprint density at radius 3 is 2.38 bits per heavy atom. The highest BCUT2D eigenvalue weighted by Gasteiger charge is 2.33. The smallest absolute Gasteiger partial charge is 0.244 e. The van der Waals surface area contributed by atoms with Gasteiger partial charge < -0.3 is 15.0 Å². The predicted octanol–water partition coefficient (Wildman–Crippen LogP) is 3.86. The summed E-state index contributed by atoms with van der Waals surface area (Å²) in [5, 5.41) is 3.09. The van der Waals surface area contributed by atoms with Crippen molar-refractivity contribution < 1.29 is 27.1 Å². The summed E-state index contributed by atoms with van der Waals surface area (Å²) in [4.78, 5) is 28.5. The van der Waals surface area contributed by atoms with Crippen LogP contribution in [0.4, 0.5) is 10.1 Å². The number of benzene rings is 2. The first-order valence-corrected chi connectivity index (χ1v) is 14.4. The predicted molar refractivity (Wildman–Crippen MR) is 141 cm³/mol. The van der Waals surface area contributed by atoms with Crippen molar-refractivity contribution in [2.24, 2.45) is 0 Å². The second-order valence-electron chi connectivity index (χ2n) is 9.39. The molecule has 1 saturated carbocycles. The van der Waals surface area contributed by atoms with E-state index in [0.29, 0.717) is 17.7 Å². The Balaban J connectivity index is 1.91. The van der Waals surface area contributed by atoms with Gasteiger partial charge in [0.1, 0.15) is 24.2 Å². The molecule has 10 heteroatoms. The molecule has 0 heterocycles. The van der Waals surface area contributed by atoms with Gasteiger partial charge in [-0.1, -0.05) is 44.4 Å². The zero-order chi connectivity index (χ0) is 27.0. The lowest BCUT2D eigenvalue weighted by atomic mass is 9.95. The van der Waals surface area contributed by atoms with Gasteiger partial charge in [0.25, 0.3) is 0 Å². The van der Waals surface area contributed by atoms with Crippen LogP contribution in [0.1, 0.15) is 51.0 Å². The van der Waals surface area contributed by atoms with Crippen LogP contribution in [0.15, 0.2) is 48.5 Å². The molecular formula is C27H36FN3O5S. The molecule has 0 aliphatic heterocycles.